The molecular formula is C16H24BrNO2. The van der Waals surface area contributed by atoms with Crippen molar-refractivity contribution in [2.24, 2.45) is 5.41 Å². The third-order valence-electron chi connectivity index (χ3n) is 3.26. The molecule has 1 unspecified atom stereocenters. The molecule has 0 spiro atoms. The van der Waals surface area contributed by atoms with E-state index in [9.17, 15) is 0 Å². The van der Waals surface area contributed by atoms with Gasteiger partial charge in [0.2, 0.25) is 0 Å². The molecule has 4 heteroatoms. The lowest BCUT2D eigenvalue weighted by Crippen LogP contribution is -2.33. The molecule has 1 rings (SSSR count). The SMILES string of the molecule is C=CC(C)(CCOc1ccc(Br)cc1)CNCCOC. The van der Waals surface area contributed by atoms with Crippen molar-refractivity contribution < 1.29 is 9.47 Å². The number of nitrogens with one attached hydrogen (secondary N) is 1. The number of ether oxygens (including phenoxy) is 2. The van der Waals surface area contributed by atoms with Crippen LogP contribution < -0.4 is 10.1 Å². The molecule has 1 aromatic carbocycles. The van der Waals surface area contributed by atoms with Crippen molar-refractivity contribution >= 4 is 15.9 Å². The average molecular weight is 342 g/mol. The Kier molecular flexibility index (Phi) is 7.88. The van der Waals surface area contributed by atoms with E-state index in [0.29, 0.717) is 6.61 Å². The topological polar surface area (TPSA) is 30.5 Å². The Labute approximate surface area is 130 Å². The second kappa shape index (κ2) is 9.16. The van der Waals surface area contributed by atoms with Crippen molar-refractivity contribution in [3.63, 3.8) is 0 Å². The largest absolute Gasteiger partial charge is 0.494 e. The lowest BCUT2D eigenvalue weighted by atomic mass is 9.87. The number of rotatable bonds is 10. The predicted molar refractivity (Wildman–Crippen MR) is 87.3 cm³/mol. The van der Waals surface area contributed by atoms with Gasteiger partial charge in [0.05, 0.1) is 13.2 Å². The number of benzene rings is 1. The lowest BCUT2D eigenvalue weighted by Gasteiger charge is -2.26. The molecule has 3 nitrogen and oxygen atoms in total. The van der Waals surface area contributed by atoms with Gasteiger partial charge in [0, 0.05) is 30.1 Å². The zero-order chi connectivity index (χ0) is 14.8. The minimum atomic E-state index is 0.0309. The highest BCUT2D eigenvalue weighted by Crippen LogP contribution is 2.23. The Hall–Kier alpha value is -0.840. The Morgan fingerprint density at radius 3 is 2.60 bits per heavy atom. The maximum Gasteiger partial charge on any atom is 0.119 e. The molecule has 0 aliphatic rings. The Morgan fingerprint density at radius 1 is 1.30 bits per heavy atom. The van der Waals surface area contributed by atoms with Gasteiger partial charge in [-0.3, -0.25) is 0 Å². The standard InChI is InChI=1S/C16H24BrNO2/c1-4-16(2,13-18-10-12-19-3)9-11-20-15-7-5-14(17)6-8-15/h4-8,18H,1,9-13H2,2-3H3. The molecule has 0 saturated heterocycles. The van der Waals surface area contributed by atoms with E-state index in [4.69, 9.17) is 9.47 Å². The van der Waals surface area contributed by atoms with Gasteiger partial charge >= 0.3 is 0 Å². The molecule has 0 fully saturated rings. The number of halogens is 1. The minimum absolute atomic E-state index is 0.0309. The predicted octanol–water partition coefficient (Wildman–Crippen LogP) is 3.65. The second-order valence-corrected chi connectivity index (χ2v) is 6.00. The van der Waals surface area contributed by atoms with Crippen LogP contribution in [0.25, 0.3) is 0 Å². The van der Waals surface area contributed by atoms with Gasteiger partial charge in [0.1, 0.15) is 5.75 Å². The third kappa shape index (κ3) is 6.55. The first kappa shape index (κ1) is 17.2. The molecule has 0 radical (unpaired) electrons. The average Bonchev–Trinajstić information content (AvgIpc) is 2.46. The summed E-state index contributed by atoms with van der Waals surface area (Å²) < 4.78 is 11.8. The van der Waals surface area contributed by atoms with E-state index in [-0.39, 0.29) is 5.41 Å². The minimum Gasteiger partial charge on any atom is -0.494 e. The summed E-state index contributed by atoms with van der Waals surface area (Å²) in [6, 6.07) is 7.89. The highest BCUT2D eigenvalue weighted by molar-refractivity contribution is 9.10. The van der Waals surface area contributed by atoms with Gasteiger partial charge in [-0.05, 0) is 30.7 Å². The van der Waals surface area contributed by atoms with Crippen LogP contribution >= 0.6 is 15.9 Å². The molecule has 0 bridgehead atoms. The van der Waals surface area contributed by atoms with E-state index in [2.05, 4.69) is 34.7 Å². The normalized spacial score (nSPS) is 13.8. The highest BCUT2D eigenvalue weighted by atomic mass is 79.9. The molecule has 0 amide bonds. The van der Waals surface area contributed by atoms with Gasteiger partial charge in [0.15, 0.2) is 0 Å². The van der Waals surface area contributed by atoms with E-state index in [1.165, 1.54) is 0 Å². The zero-order valence-electron chi connectivity index (χ0n) is 12.3. The fraction of sp³-hybridized carbons (Fsp3) is 0.500. The molecule has 1 N–H and O–H groups in total. The summed E-state index contributed by atoms with van der Waals surface area (Å²) in [5.74, 6) is 0.895. The molecule has 0 heterocycles. The molecule has 20 heavy (non-hydrogen) atoms. The quantitative estimate of drug-likeness (QED) is 0.520. The van der Waals surface area contributed by atoms with Gasteiger partial charge in [-0.25, -0.2) is 0 Å². The first-order valence-corrected chi connectivity index (χ1v) is 7.60. The van der Waals surface area contributed by atoms with Crippen molar-refractivity contribution in [1.82, 2.24) is 5.32 Å². The maximum absolute atomic E-state index is 5.76. The van der Waals surface area contributed by atoms with E-state index in [1.807, 2.05) is 30.3 Å². The van der Waals surface area contributed by atoms with Crippen LogP contribution in [0.3, 0.4) is 0 Å². The van der Waals surface area contributed by atoms with Crippen LogP contribution in [0.15, 0.2) is 41.4 Å². The molecule has 0 aliphatic carbocycles. The van der Waals surface area contributed by atoms with E-state index >= 15 is 0 Å². The van der Waals surface area contributed by atoms with Gasteiger partial charge < -0.3 is 14.8 Å². The van der Waals surface area contributed by atoms with Crippen molar-refractivity contribution in [3.05, 3.63) is 41.4 Å². The Morgan fingerprint density at radius 2 is 2.00 bits per heavy atom. The van der Waals surface area contributed by atoms with Crippen molar-refractivity contribution in [2.75, 3.05) is 33.4 Å². The maximum atomic E-state index is 5.76. The monoisotopic (exact) mass is 341 g/mol. The van der Waals surface area contributed by atoms with Gasteiger partial charge in [-0.1, -0.05) is 28.9 Å². The molecule has 112 valence electrons. The zero-order valence-corrected chi connectivity index (χ0v) is 13.9. The summed E-state index contributed by atoms with van der Waals surface area (Å²) in [6.07, 6.45) is 2.92. The lowest BCUT2D eigenvalue weighted by molar-refractivity contribution is 0.191. The third-order valence-corrected chi connectivity index (χ3v) is 3.79. The van der Waals surface area contributed by atoms with Crippen LogP contribution in [-0.2, 0) is 4.74 Å². The summed E-state index contributed by atoms with van der Waals surface area (Å²) in [5.41, 5.74) is 0.0309. The summed E-state index contributed by atoms with van der Waals surface area (Å²) >= 11 is 3.41. The second-order valence-electron chi connectivity index (χ2n) is 5.08. The number of methoxy groups -OCH3 is 1. The Bertz CT molecular complexity index is 394. The van der Waals surface area contributed by atoms with Crippen LogP contribution in [-0.4, -0.2) is 33.4 Å². The first-order chi connectivity index (χ1) is 9.59. The highest BCUT2D eigenvalue weighted by Gasteiger charge is 2.19. The van der Waals surface area contributed by atoms with Crippen LogP contribution in [0.4, 0.5) is 0 Å². The summed E-state index contributed by atoms with van der Waals surface area (Å²) in [7, 11) is 1.71. The smallest absolute Gasteiger partial charge is 0.119 e. The molecule has 0 aromatic heterocycles. The molecular weight excluding hydrogens is 318 g/mol. The fourth-order valence-electron chi connectivity index (χ4n) is 1.74. The van der Waals surface area contributed by atoms with Crippen LogP contribution in [0.1, 0.15) is 13.3 Å². The van der Waals surface area contributed by atoms with E-state index < -0.39 is 0 Å². The summed E-state index contributed by atoms with van der Waals surface area (Å²) in [6.45, 7) is 9.26. The molecule has 0 aliphatic heterocycles. The van der Waals surface area contributed by atoms with E-state index in [1.54, 1.807) is 7.11 Å². The summed E-state index contributed by atoms with van der Waals surface area (Å²) in [5, 5.41) is 3.38. The molecule has 1 aromatic rings. The Balaban J connectivity index is 2.32. The first-order valence-electron chi connectivity index (χ1n) is 6.81. The fourth-order valence-corrected chi connectivity index (χ4v) is 2.01. The van der Waals surface area contributed by atoms with Crippen LogP contribution in [0, 0.1) is 5.41 Å². The van der Waals surface area contributed by atoms with Crippen molar-refractivity contribution in [1.29, 1.82) is 0 Å². The summed E-state index contributed by atoms with van der Waals surface area (Å²) in [4.78, 5) is 0. The van der Waals surface area contributed by atoms with Crippen LogP contribution in [0.5, 0.6) is 5.75 Å². The van der Waals surface area contributed by atoms with Crippen molar-refractivity contribution in [2.45, 2.75) is 13.3 Å². The molecule has 1 atom stereocenters. The van der Waals surface area contributed by atoms with Gasteiger partial charge in [0.25, 0.3) is 0 Å². The van der Waals surface area contributed by atoms with Gasteiger partial charge in [-0.2, -0.15) is 0 Å². The molecule has 0 saturated carbocycles. The van der Waals surface area contributed by atoms with Crippen LogP contribution in [0.2, 0.25) is 0 Å². The number of hydrogen-bond acceptors (Lipinski definition) is 3. The van der Waals surface area contributed by atoms with Crippen molar-refractivity contribution in [3.8, 4) is 5.75 Å². The van der Waals surface area contributed by atoms with Gasteiger partial charge in [-0.15, -0.1) is 6.58 Å². The number of hydrogen-bond donors (Lipinski definition) is 1. The van der Waals surface area contributed by atoms with E-state index in [0.717, 1.165) is 36.3 Å².